The van der Waals surface area contributed by atoms with Gasteiger partial charge in [-0.15, -0.1) is 5.11 Å². The molecule has 1 saturated carbocycles. The van der Waals surface area contributed by atoms with E-state index in [0.29, 0.717) is 26.1 Å². The summed E-state index contributed by atoms with van der Waals surface area (Å²) in [6.07, 6.45) is 5.80. The molecule has 2 fully saturated rings. The summed E-state index contributed by atoms with van der Waals surface area (Å²) in [5.74, 6) is -0.501. The molecule has 1 aromatic rings. The van der Waals surface area contributed by atoms with Crippen LogP contribution in [0.5, 0.6) is 0 Å². The van der Waals surface area contributed by atoms with Crippen LogP contribution in [0.15, 0.2) is 34.7 Å². The monoisotopic (exact) mass is 473 g/mol. The van der Waals surface area contributed by atoms with Crippen molar-refractivity contribution in [3.63, 3.8) is 0 Å². The molecule has 0 spiro atoms. The number of carbonyl (C=O) groups is 3. The molecular weight excluding hydrogens is 438 g/mol. The number of esters is 1. The zero-order chi connectivity index (χ0) is 24.3. The Morgan fingerprint density at radius 1 is 1.12 bits per heavy atom. The van der Waals surface area contributed by atoms with E-state index in [1.165, 1.54) is 0 Å². The van der Waals surface area contributed by atoms with Gasteiger partial charge in [-0.05, 0) is 43.2 Å². The molecule has 0 unspecified atom stereocenters. The Bertz CT molecular complexity index is 854. The molecule has 0 aromatic heterocycles. The highest BCUT2D eigenvalue weighted by molar-refractivity contribution is 5.91. The minimum atomic E-state index is -0.493. The average Bonchev–Trinajstić information content (AvgIpc) is 2.82. The van der Waals surface area contributed by atoms with Crippen molar-refractivity contribution in [1.82, 2.24) is 15.5 Å². The molecule has 1 aromatic carbocycles. The van der Waals surface area contributed by atoms with E-state index >= 15 is 0 Å². The molecule has 2 aliphatic rings. The van der Waals surface area contributed by atoms with E-state index in [9.17, 15) is 14.4 Å². The van der Waals surface area contributed by atoms with E-state index in [-0.39, 0.29) is 36.8 Å². The Labute approximate surface area is 200 Å². The first-order chi connectivity index (χ1) is 16.5. The van der Waals surface area contributed by atoms with Crippen LogP contribution in [-0.2, 0) is 32.2 Å². The third-order valence-electron chi connectivity index (χ3n) is 6.57. The summed E-state index contributed by atoms with van der Waals surface area (Å²) in [7, 11) is 0. The molecule has 1 aliphatic heterocycles. The van der Waals surface area contributed by atoms with Crippen LogP contribution in [0, 0.1) is 5.92 Å². The molecular formula is C24H35N5O5. The van der Waals surface area contributed by atoms with Crippen molar-refractivity contribution >= 4 is 17.8 Å². The molecule has 1 aliphatic carbocycles. The third kappa shape index (κ3) is 6.99. The topological polar surface area (TPSA) is 133 Å². The molecule has 3 rings (SSSR count). The lowest BCUT2D eigenvalue weighted by molar-refractivity contribution is -0.151. The van der Waals surface area contributed by atoms with E-state index < -0.39 is 12.1 Å². The number of hydrogen-bond donors (Lipinski definition) is 3. The third-order valence-corrected chi connectivity index (χ3v) is 6.57. The zero-order valence-electron chi connectivity index (χ0n) is 19.7. The number of benzene rings is 1. The van der Waals surface area contributed by atoms with Gasteiger partial charge in [0.15, 0.2) is 0 Å². The van der Waals surface area contributed by atoms with Crippen LogP contribution in [-0.4, -0.2) is 59.7 Å². The minimum Gasteiger partial charge on any atom is -0.465 e. The number of carbonyl (C=O) groups excluding carboxylic acids is 3. The molecule has 10 nitrogen and oxygen atoms in total. The van der Waals surface area contributed by atoms with Crippen LogP contribution in [0.4, 0.5) is 0 Å². The van der Waals surface area contributed by atoms with Gasteiger partial charge in [-0.25, -0.2) is 0 Å². The normalized spacial score (nSPS) is 19.4. The number of nitrogens with zero attached hydrogens (tertiary/aromatic N) is 3. The Morgan fingerprint density at radius 2 is 1.82 bits per heavy atom. The van der Waals surface area contributed by atoms with Crippen LogP contribution in [0.25, 0.3) is 0 Å². The molecule has 34 heavy (non-hydrogen) atoms. The Morgan fingerprint density at radius 3 is 2.44 bits per heavy atom. The maximum Gasteiger partial charge on any atom is 0.319 e. The fraction of sp³-hybridized carbons (Fsp3) is 0.625. The van der Waals surface area contributed by atoms with Gasteiger partial charge >= 0.3 is 5.97 Å². The highest BCUT2D eigenvalue weighted by Gasteiger charge is 2.42. The number of rotatable bonds is 11. The highest BCUT2D eigenvalue weighted by Crippen LogP contribution is 2.29. The summed E-state index contributed by atoms with van der Waals surface area (Å²) in [5.41, 5.74) is 1.82. The highest BCUT2D eigenvalue weighted by atomic mass is 16.5. The first-order valence-electron chi connectivity index (χ1n) is 12.1. The predicted molar refractivity (Wildman–Crippen MR) is 124 cm³/mol. The lowest BCUT2D eigenvalue weighted by atomic mass is 9.82. The van der Waals surface area contributed by atoms with Gasteiger partial charge in [0, 0.05) is 18.4 Å². The van der Waals surface area contributed by atoms with Crippen molar-refractivity contribution in [3.05, 3.63) is 35.4 Å². The van der Waals surface area contributed by atoms with Gasteiger partial charge in [-0.1, -0.05) is 43.5 Å². The standard InChI is InChI=1S/C24H35N5O5/c1-2-34-21(30)16-25-22(19-6-4-3-5-7-19)24(32)29-13-12-20(29)23(31)26-14-17-8-10-18(11-9-17)15-27-28-33/h8-11,19-20,22,25H,2-7,12-16H2,1H3,(H,26,31)(H,27,33)/t20-,22+/m0/s1. The van der Waals surface area contributed by atoms with Crippen LogP contribution in [0.2, 0.25) is 0 Å². The molecule has 0 radical (unpaired) electrons. The SMILES string of the molecule is CCOC(=O)CN[C@@H](C(=O)N1CC[C@H]1C(=O)NCc1ccc(CN=NO)cc1)C1CCCCC1. The van der Waals surface area contributed by atoms with Crippen molar-refractivity contribution in [2.24, 2.45) is 16.3 Å². The quantitative estimate of drug-likeness (QED) is 0.257. The molecule has 1 heterocycles. The molecule has 10 heteroatoms. The number of likely N-dealkylation sites (tertiary alicyclic amines) is 1. The van der Waals surface area contributed by atoms with E-state index in [4.69, 9.17) is 9.94 Å². The average molecular weight is 474 g/mol. The first-order valence-corrected chi connectivity index (χ1v) is 12.1. The number of hydrogen-bond acceptors (Lipinski definition) is 7. The van der Waals surface area contributed by atoms with E-state index in [0.717, 1.165) is 43.2 Å². The van der Waals surface area contributed by atoms with Crippen molar-refractivity contribution in [2.75, 3.05) is 19.7 Å². The van der Waals surface area contributed by atoms with Gasteiger partial charge in [-0.2, -0.15) is 0 Å². The largest absolute Gasteiger partial charge is 0.465 e. The van der Waals surface area contributed by atoms with E-state index in [1.807, 2.05) is 24.3 Å². The number of amides is 2. The number of ether oxygens (including phenoxy) is 1. The molecule has 0 bridgehead atoms. The van der Waals surface area contributed by atoms with Gasteiger partial charge < -0.3 is 20.2 Å². The fourth-order valence-corrected chi connectivity index (χ4v) is 4.61. The summed E-state index contributed by atoms with van der Waals surface area (Å²) in [4.78, 5) is 39.7. The second-order valence-electron chi connectivity index (χ2n) is 8.82. The molecule has 186 valence electrons. The maximum atomic E-state index is 13.4. The van der Waals surface area contributed by atoms with Crippen LogP contribution in [0.1, 0.15) is 56.6 Å². The summed E-state index contributed by atoms with van der Waals surface area (Å²) < 4.78 is 5.01. The Kier molecular flexibility index (Phi) is 9.81. The Balaban J connectivity index is 1.56. The van der Waals surface area contributed by atoms with Crippen molar-refractivity contribution < 1.29 is 24.3 Å². The summed E-state index contributed by atoms with van der Waals surface area (Å²) in [6, 6.07) is 6.50. The predicted octanol–water partition coefficient (Wildman–Crippen LogP) is 2.35. The van der Waals surface area contributed by atoms with Gasteiger partial charge in [0.1, 0.15) is 6.04 Å². The van der Waals surface area contributed by atoms with Gasteiger partial charge in [0.05, 0.1) is 25.7 Å². The van der Waals surface area contributed by atoms with Gasteiger partial charge in [0.2, 0.25) is 11.8 Å². The maximum absolute atomic E-state index is 13.4. The van der Waals surface area contributed by atoms with Crippen LogP contribution in [0.3, 0.4) is 0 Å². The van der Waals surface area contributed by atoms with E-state index in [2.05, 4.69) is 21.0 Å². The lowest BCUT2D eigenvalue weighted by Gasteiger charge is -2.43. The Hall–Kier alpha value is -3.01. The molecule has 2 atom stereocenters. The fourth-order valence-electron chi connectivity index (χ4n) is 4.61. The van der Waals surface area contributed by atoms with Crippen molar-refractivity contribution in [2.45, 2.75) is 70.6 Å². The van der Waals surface area contributed by atoms with Crippen molar-refractivity contribution in [3.8, 4) is 0 Å². The van der Waals surface area contributed by atoms with E-state index in [1.54, 1.807) is 11.8 Å². The lowest BCUT2D eigenvalue weighted by Crippen LogP contribution is -2.63. The molecule has 1 saturated heterocycles. The second kappa shape index (κ2) is 13.0. The summed E-state index contributed by atoms with van der Waals surface area (Å²) >= 11 is 0. The smallest absolute Gasteiger partial charge is 0.319 e. The summed E-state index contributed by atoms with van der Waals surface area (Å²) in [5, 5.41) is 20.8. The van der Waals surface area contributed by atoms with Gasteiger partial charge in [-0.3, -0.25) is 19.7 Å². The second-order valence-corrected chi connectivity index (χ2v) is 8.82. The van der Waals surface area contributed by atoms with Crippen LogP contribution < -0.4 is 10.6 Å². The summed E-state index contributed by atoms with van der Waals surface area (Å²) in [6.45, 7) is 3.22. The zero-order valence-corrected chi connectivity index (χ0v) is 19.7. The van der Waals surface area contributed by atoms with Crippen LogP contribution >= 0.6 is 0 Å². The first kappa shape index (κ1) is 25.6. The minimum absolute atomic E-state index is 0.0128. The molecule has 3 N–H and O–H groups in total. The number of nitrogens with one attached hydrogen (secondary N) is 2. The molecule has 2 amide bonds. The van der Waals surface area contributed by atoms with Gasteiger partial charge in [0.25, 0.3) is 0 Å². The van der Waals surface area contributed by atoms with Crippen molar-refractivity contribution in [1.29, 1.82) is 0 Å².